The van der Waals surface area contributed by atoms with Crippen molar-refractivity contribution >= 4 is 29.0 Å². The van der Waals surface area contributed by atoms with E-state index in [9.17, 15) is 4.79 Å². The zero-order valence-corrected chi connectivity index (χ0v) is 11.6. The quantitative estimate of drug-likeness (QED) is 0.770. The highest BCUT2D eigenvalue weighted by Gasteiger charge is 2.25. The molecule has 18 heavy (non-hydrogen) atoms. The minimum absolute atomic E-state index is 0.0772. The second kappa shape index (κ2) is 5.10. The Labute approximate surface area is 112 Å². The summed E-state index contributed by atoms with van der Waals surface area (Å²) in [6, 6.07) is 0. The molecule has 98 valence electrons. The minimum Gasteiger partial charge on any atom is -0.354 e. The Bertz CT molecular complexity index is 463. The first kappa shape index (κ1) is 13.1. The van der Waals surface area contributed by atoms with Crippen molar-refractivity contribution in [2.75, 3.05) is 29.9 Å². The van der Waals surface area contributed by atoms with Gasteiger partial charge < -0.3 is 9.80 Å². The van der Waals surface area contributed by atoms with Gasteiger partial charge in [-0.2, -0.15) is 4.98 Å². The van der Waals surface area contributed by atoms with E-state index < -0.39 is 0 Å². The molecule has 0 N–H and O–H groups in total. The van der Waals surface area contributed by atoms with E-state index in [0.29, 0.717) is 18.9 Å². The molecule has 0 saturated carbocycles. The Morgan fingerprint density at radius 1 is 1.50 bits per heavy atom. The lowest BCUT2D eigenvalue weighted by molar-refractivity contribution is -0.118. The van der Waals surface area contributed by atoms with E-state index in [1.54, 1.807) is 18.1 Å². The maximum absolute atomic E-state index is 11.9. The van der Waals surface area contributed by atoms with Crippen LogP contribution in [0.4, 0.5) is 11.5 Å². The second-order valence-electron chi connectivity index (χ2n) is 4.89. The highest BCUT2D eigenvalue weighted by molar-refractivity contribution is 6.28. The lowest BCUT2D eigenvalue weighted by Crippen LogP contribution is -2.29. The molecule has 0 unspecified atom stereocenters. The van der Waals surface area contributed by atoms with E-state index in [-0.39, 0.29) is 11.2 Å². The van der Waals surface area contributed by atoms with Crippen molar-refractivity contribution < 1.29 is 4.79 Å². The number of aromatic nitrogens is 2. The molecule has 0 aromatic carbocycles. The van der Waals surface area contributed by atoms with Gasteiger partial charge in [0.05, 0.1) is 6.20 Å². The molecule has 1 amide bonds. The second-order valence-corrected chi connectivity index (χ2v) is 5.23. The number of nitrogens with zero attached hydrogens (tertiary/aromatic N) is 4. The first-order chi connectivity index (χ1) is 8.49. The predicted octanol–water partition coefficient (Wildman–Crippen LogP) is 1.96. The van der Waals surface area contributed by atoms with Gasteiger partial charge in [-0.3, -0.25) is 4.79 Å². The third-order valence-corrected chi connectivity index (χ3v) is 3.12. The molecule has 1 aromatic heterocycles. The third kappa shape index (κ3) is 2.56. The maximum atomic E-state index is 11.9. The topological polar surface area (TPSA) is 49.3 Å². The fourth-order valence-electron chi connectivity index (χ4n) is 2.07. The summed E-state index contributed by atoms with van der Waals surface area (Å²) >= 11 is 5.86. The van der Waals surface area contributed by atoms with Crippen molar-refractivity contribution in [3.05, 3.63) is 11.5 Å². The SMILES string of the molecule is CC(C)CN1CCC(=O)N(C)c2cnc(Cl)nc21. The minimum atomic E-state index is 0.0772. The Morgan fingerprint density at radius 2 is 2.22 bits per heavy atom. The molecule has 0 aliphatic carbocycles. The molecular weight excluding hydrogens is 252 g/mol. The molecular formula is C12H17ClN4O. The molecule has 5 nitrogen and oxygen atoms in total. The molecule has 0 radical (unpaired) electrons. The zero-order chi connectivity index (χ0) is 13.3. The van der Waals surface area contributed by atoms with Crippen LogP contribution in [0.1, 0.15) is 20.3 Å². The van der Waals surface area contributed by atoms with Crippen LogP contribution in [0.3, 0.4) is 0 Å². The Hall–Kier alpha value is -1.36. The molecule has 1 aliphatic heterocycles. The normalized spacial score (nSPS) is 15.9. The van der Waals surface area contributed by atoms with Gasteiger partial charge in [-0.25, -0.2) is 4.98 Å². The van der Waals surface area contributed by atoms with Gasteiger partial charge in [-0.15, -0.1) is 0 Å². The number of fused-ring (bicyclic) bond motifs is 1. The molecule has 6 heteroatoms. The number of carbonyl (C=O) groups is 1. The van der Waals surface area contributed by atoms with Crippen molar-refractivity contribution in [1.82, 2.24) is 9.97 Å². The van der Waals surface area contributed by atoms with E-state index in [0.717, 1.165) is 18.1 Å². The number of anilines is 2. The largest absolute Gasteiger partial charge is 0.354 e. The van der Waals surface area contributed by atoms with E-state index in [4.69, 9.17) is 11.6 Å². The number of amides is 1. The van der Waals surface area contributed by atoms with Gasteiger partial charge in [0.1, 0.15) is 5.69 Å². The standard InChI is InChI=1S/C12H17ClN4O/c1-8(2)7-17-5-4-10(18)16(3)9-6-14-12(13)15-11(9)17/h6,8H,4-5,7H2,1-3H3. The van der Waals surface area contributed by atoms with Gasteiger partial charge >= 0.3 is 0 Å². The summed E-state index contributed by atoms with van der Waals surface area (Å²) in [5.74, 6) is 1.32. The van der Waals surface area contributed by atoms with Crippen LogP contribution >= 0.6 is 11.6 Å². The van der Waals surface area contributed by atoms with E-state index in [2.05, 4.69) is 28.7 Å². The number of hydrogen-bond donors (Lipinski definition) is 0. The van der Waals surface area contributed by atoms with Gasteiger partial charge in [0, 0.05) is 26.6 Å². The van der Waals surface area contributed by atoms with Gasteiger partial charge in [0.15, 0.2) is 5.82 Å². The van der Waals surface area contributed by atoms with Crippen molar-refractivity contribution in [1.29, 1.82) is 0 Å². The number of hydrogen-bond acceptors (Lipinski definition) is 4. The van der Waals surface area contributed by atoms with Crippen LogP contribution < -0.4 is 9.80 Å². The third-order valence-electron chi connectivity index (χ3n) is 2.94. The summed E-state index contributed by atoms with van der Waals surface area (Å²) in [7, 11) is 1.75. The smallest absolute Gasteiger partial charge is 0.228 e. The van der Waals surface area contributed by atoms with E-state index in [1.165, 1.54) is 0 Å². The molecule has 0 atom stereocenters. The Balaban J connectivity index is 2.44. The van der Waals surface area contributed by atoms with Gasteiger partial charge in [0.2, 0.25) is 11.2 Å². The average Bonchev–Trinajstić information content (AvgIpc) is 2.41. The number of rotatable bonds is 2. The van der Waals surface area contributed by atoms with E-state index in [1.807, 2.05) is 0 Å². The molecule has 0 spiro atoms. The maximum Gasteiger partial charge on any atom is 0.228 e. The molecule has 2 heterocycles. The Kier molecular flexibility index (Phi) is 3.71. The lowest BCUT2D eigenvalue weighted by Gasteiger charge is -2.25. The molecule has 0 bridgehead atoms. The highest BCUT2D eigenvalue weighted by Crippen LogP contribution is 2.30. The molecule has 2 rings (SSSR count). The van der Waals surface area contributed by atoms with Crippen LogP contribution in [0.2, 0.25) is 5.28 Å². The van der Waals surface area contributed by atoms with Crippen molar-refractivity contribution in [3.8, 4) is 0 Å². The van der Waals surface area contributed by atoms with Crippen molar-refractivity contribution in [2.45, 2.75) is 20.3 Å². The monoisotopic (exact) mass is 268 g/mol. The molecule has 0 fully saturated rings. The summed E-state index contributed by atoms with van der Waals surface area (Å²) in [4.78, 5) is 23.9. The number of halogens is 1. The lowest BCUT2D eigenvalue weighted by atomic mass is 10.2. The van der Waals surface area contributed by atoms with Crippen molar-refractivity contribution in [3.63, 3.8) is 0 Å². The first-order valence-electron chi connectivity index (χ1n) is 6.03. The summed E-state index contributed by atoms with van der Waals surface area (Å²) in [5, 5.41) is 0.213. The summed E-state index contributed by atoms with van der Waals surface area (Å²) in [6.45, 7) is 5.79. The fraction of sp³-hybridized carbons (Fsp3) is 0.583. The Morgan fingerprint density at radius 3 is 2.89 bits per heavy atom. The van der Waals surface area contributed by atoms with E-state index >= 15 is 0 Å². The van der Waals surface area contributed by atoms with Crippen LogP contribution in [0.5, 0.6) is 0 Å². The molecule has 1 aromatic rings. The van der Waals surface area contributed by atoms with Gasteiger partial charge in [0.25, 0.3) is 0 Å². The first-order valence-corrected chi connectivity index (χ1v) is 6.41. The highest BCUT2D eigenvalue weighted by atomic mass is 35.5. The van der Waals surface area contributed by atoms with Crippen molar-refractivity contribution in [2.24, 2.45) is 5.92 Å². The van der Waals surface area contributed by atoms with Crippen LogP contribution in [-0.4, -0.2) is 36.0 Å². The van der Waals surface area contributed by atoms with Crippen LogP contribution in [0, 0.1) is 5.92 Å². The summed E-state index contributed by atoms with van der Waals surface area (Å²) in [6.07, 6.45) is 2.10. The van der Waals surface area contributed by atoms with Crippen LogP contribution in [-0.2, 0) is 4.79 Å². The number of carbonyl (C=O) groups excluding carboxylic acids is 1. The van der Waals surface area contributed by atoms with Crippen LogP contribution in [0.15, 0.2) is 6.20 Å². The van der Waals surface area contributed by atoms with Crippen LogP contribution in [0.25, 0.3) is 0 Å². The summed E-state index contributed by atoms with van der Waals surface area (Å²) in [5.41, 5.74) is 0.725. The fourth-order valence-corrected chi connectivity index (χ4v) is 2.20. The molecule has 0 saturated heterocycles. The van der Waals surface area contributed by atoms with Gasteiger partial charge in [-0.05, 0) is 17.5 Å². The average molecular weight is 269 g/mol. The summed E-state index contributed by atoms with van der Waals surface area (Å²) < 4.78 is 0. The zero-order valence-electron chi connectivity index (χ0n) is 10.9. The molecule has 1 aliphatic rings. The predicted molar refractivity (Wildman–Crippen MR) is 72.1 cm³/mol. The van der Waals surface area contributed by atoms with Gasteiger partial charge in [-0.1, -0.05) is 13.8 Å².